The van der Waals surface area contributed by atoms with E-state index in [-0.39, 0.29) is 0 Å². The molecule has 0 nitrogen and oxygen atoms in total. The fourth-order valence-electron chi connectivity index (χ4n) is 8.05. The van der Waals surface area contributed by atoms with Crippen LogP contribution in [0.2, 0.25) is 0 Å². The summed E-state index contributed by atoms with van der Waals surface area (Å²) >= 11 is 0.206. The fourth-order valence-corrected chi connectivity index (χ4v) is 20.5. The maximum atomic E-state index is 2.50. The van der Waals surface area contributed by atoms with Gasteiger partial charge in [-0.1, -0.05) is 0 Å². The zero-order valence-corrected chi connectivity index (χ0v) is 31.5. The van der Waals surface area contributed by atoms with Crippen molar-refractivity contribution in [3.8, 4) is 22.3 Å². The molecule has 240 valence electrons. The van der Waals surface area contributed by atoms with Crippen molar-refractivity contribution in [1.82, 2.24) is 0 Å². The molecule has 0 aliphatic carbocycles. The van der Waals surface area contributed by atoms with Gasteiger partial charge in [0.25, 0.3) is 0 Å². The first-order chi connectivity index (χ1) is 25.3. The summed E-state index contributed by atoms with van der Waals surface area (Å²) in [5, 5.41) is 5.35. The zero-order chi connectivity index (χ0) is 33.8. The van der Waals surface area contributed by atoms with Gasteiger partial charge < -0.3 is 0 Å². The molecule has 0 aliphatic heterocycles. The molecule has 0 fully saturated rings. The van der Waals surface area contributed by atoms with Gasteiger partial charge in [0.1, 0.15) is 0 Å². The first-order valence-corrected chi connectivity index (χ1v) is 23.2. The maximum absolute atomic E-state index is 3.56. The third-order valence-corrected chi connectivity index (χ3v) is 22.7. The zero-order valence-electron chi connectivity index (χ0n) is 27.8. The summed E-state index contributed by atoms with van der Waals surface area (Å²) in [4.78, 5) is 0. The summed E-state index contributed by atoms with van der Waals surface area (Å²) in [6, 6.07) is 73.2. The van der Waals surface area contributed by atoms with Crippen molar-refractivity contribution in [2.24, 2.45) is 0 Å². The van der Waals surface area contributed by atoms with Crippen molar-refractivity contribution >= 4 is 93.9 Å². The Kier molecular flexibility index (Phi) is 7.49. The van der Waals surface area contributed by atoms with Crippen molar-refractivity contribution < 1.29 is 0 Å². The topological polar surface area (TPSA) is 0 Å². The second-order valence-electron chi connectivity index (χ2n) is 13.3. The van der Waals surface area contributed by atoms with Crippen LogP contribution >= 0.6 is 22.7 Å². The van der Waals surface area contributed by atoms with Gasteiger partial charge in [0, 0.05) is 0 Å². The Morgan fingerprint density at radius 2 is 0.627 bits per heavy atom. The van der Waals surface area contributed by atoms with Crippen LogP contribution in [-0.4, -0.2) is 13.3 Å². The van der Waals surface area contributed by atoms with Crippen molar-refractivity contribution in [2.45, 2.75) is 0 Å². The van der Waals surface area contributed by atoms with Gasteiger partial charge in [-0.2, -0.15) is 0 Å². The number of rotatable bonds is 6. The van der Waals surface area contributed by atoms with E-state index in [1.807, 2.05) is 22.7 Å². The molecule has 0 bridgehead atoms. The molecule has 0 aliphatic rings. The van der Waals surface area contributed by atoms with Gasteiger partial charge in [0.15, 0.2) is 0 Å². The van der Waals surface area contributed by atoms with Gasteiger partial charge in [0.05, 0.1) is 0 Å². The van der Waals surface area contributed by atoms with Crippen LogP contribution in [0.25, 0.3) is 62.6 Å². The van der Waals surface area contributed by atoms with E-state index in [1.165, 1.54) is 80.2 Å². The Balaban J connectivity index is 1.18. The second-order valence-corrected chi connectivity index (χ2v) is 23.4. The quantitative estimate of drug-likeness (QED) is 0.149. The first-order valence-electron chi connectivity index (χ1n) is 17.4. The van der Waals surface area contributed by atoms with E-state index in [2.05, 4.69) is 194 Å². The summed E-state index contributed by atoms with van der Waals surface area (Å²) in [7, 11) is 0. The van der Waals surface area contributed by atoms with Crippen LogP contribution in [0.15, 0.2) is 194 Å². The minimum atomic E-state index is -3.56. The van der Waals surface area contributed by atoms with Crippen LogP contribution in [0.1, 0.15) is 0 Å². The molecule has 0 spiro atoms. The number of fused-ring (bicyclic) bond motifs is 6. The van der Waals surface area contributed by atoms with Gasteiger partial charge in [-0.05, 0) is 0 Å². The molecule has 3 heteroatoms. The van der Waals surface area contributed by atoms with Crippen LogP contribution in [0.4, 0.5) is 0 Å². The number of hydrogen-bond acceptors (Lipinski definition) is 2. The Labute approximate surface area is 308 Å². The van der Waals surface area contributed by atoms with E-state index in [9.17, 15) is 0 Å². The van der Waals surface area contributed by atoms with Crippen LogP contribution in [0, 0.1) is 0 Å². The Morgan fingerprint density at radius 3 is 1.10 bits per heavy atom. The third kappa shape index (κ3) is 5.09. The minimum absolute atomic E-state index is 1.26. The van der Waals surface area contributed by atoms with Crippen molar-refractivity contribution in [1.29, 1.82) is 0 Å². The van der Waals surface area contributed by atoms with E-state index in [0.717, 1.165) is 0 Å². The summed E-state index contributed by atoms with van der Waals surface area (Å²) in [5.41, 5.74) is 5.05. The second kappa shape index (κ2) is 12.5. The molecular formula is C48H32GeS2. The van der Waals surface area contributed by atoms with Crippen LogP contribution in [-0.2, 0) is 0 Å². The molecule has 0 N–H and O–H groups in total. The molecule has 0 amide bonds. The normalized spacial score (nSPS) is 11.9. The molecule has 10 rings (SSSR count). The van der Waals surface area contributed by atoms with Gasteiger partial charge in [-0.15, -0.1) is 0 Å². The van der Waals surface area contributed by atoms with E-state index >= 15 is 0 Å². The van der Waals surface area contributed by atoms with Crippen LogP contribution < -0.4 is 17.6 Å². The molecular weight excluding hydrogens is 713 g/mol. The van der Waals surface area contributed by atoms with Gasteiger partial charge in [-0.25, -0.2) is 0 Å². The van der Waals surface area contributed by atoms with Crippen molar-refractivity contribution in [2.75, 3.05) is 0 Å². The third-order valence-electron chi connectivity index (χ3n) is 10.4. The SMILES string of the molecule is c1cc[c]([Ge]([c]2ccccc2)([c]2cccc(-c3ccc4c(c3)sc3ccccc34)c2)[c]2cccc(-c3ccc4c(c3)sc3ccccc34)c2)cc1. The molecule has 0 unspecified atom stereocenters. The van der Waals surface area contributed by atoms with E-state index in [0.29, 0.717) is 0 Å². The molecule has 0 atom stereocenters. The van der Waals surface area contributed by atoms with E-state index in [1.54, 1.807) is 0 Å². The Bertz CT molecular complexity index is 2670. The monoisotopic (exact) mass is 746 g/mol. The molecule has 0 radical (unpaired) electrons. The molecule has 51 heavy (non-hydrogen) atoms. The molecule has 2 aromatic heterocycles. The summed E-state index contributed by atoms with van der Waals surface area (Å²) in [6.45, 7) is 0. The predicted octanol–water partition coefficient (Wildman–Crippen LogP) is 11.1. The van der Waals surface area contributed by atoms with Crippen molar-refractivity contribution in [3.05, 3.63) is 194 Å². The summed E-state index contributed by atoms with van der Waals surface area (Å²) in [5.74, 6) is 0. The molecule has 0 saturated carbocycles. The first kappa shape index (κ1) is 30.6. The standard InChI is InChI=1S/C48H32GeS2/c1-3-15-37(16-4-1)49(38-17-5-2-6-18-38,39-19-11-13-33(29-39)35-25-27-43-41-21-7-9-23-45(41)50-47(43)31-35)40-20-12-14-34(30-40)36-26-28-44-42-22-8-10-24-46(42)51-48(44)32-36/h1-32H. The summed E-state index contributed by atoms with van der Waals surface area (Å²) in [6.07, 6.45) is 0. The van der Waals surface area contributed by atoms with Gasteiger partial charge >= 0.3 is 310 Å². The Hall–Kier alpha value is -5.26. The average Bonchev–Trinajstić information content (AvgIpc) is 3.77. The van der Waals surface area contributed by atoms with E-state index in [4.69, 9.17) is 0 Å². The molecule has 2 heterocycles. The molecule has 0 saturated heterocycles. The van der Waals surface area contributed by atoms with E-state index < -0.39 is 13.3 Å². The van der Waals surface area contributed by atoms with Gasteiger partial charge in [-0.3, -0.25) is 0 Å². The Morgan fingerprint density at radius 1 is 0.255 bits per heavy atom. The van der Waals surface area contributed by atoms with Crippen LogP contribution in [0.3, 0.4) is 0 Å². The molecule has 8 aromatic carbocycles. The molecule has 10 aromatic rings. The van der Waals surface area contributed by atoms with Gasteiger partial charge in [0.2, 0.25) is 0 Å². The van der Waals surface area contributed by atoms with Crippen LogP contribution in [0.5, 0.6) is 0 Å². The predicted molar refractivity (Wildman–Crippen MR) is 227 cm³/mol. The number of hydrogen-bond donors (Lipinski definition) is 0. The number of thiophene rings is 2. The van der Waals surface area contributed by atoms with Crippen molar-refractivity contribution in [3.63, 3.8) is 0 Å². The average molecular weight is 746 g/mol. The fraction of sp³-hybridized carbons (Fsp3) is 0. The number of benzene rings is 8. The summed E-state index contributed by atoms with van der Waals surface area (Å²) < 4.78 is 11.1.